The molecule has 0 fully saturated rings. The fraction of sp³-hybridized carbons (Fsp3) is 0.333. The SMILES string of the molecule is Fc1ccccc1C(CCl)(CCl)CCc1ccsc1. The quantitative estimate of drug-likeness (QED) is 0.640. The van der Waals surface area contributed by atoms with Crippen LogP contribution in [0.2, 0.25) is 0 Å². The zero-order chi connectivity index (χ0) is 13.7. The summed E-state index contributed by atoms with van der Waals surface area (Å²) in [6.45, 7) is 0. The summed E-state index contributed by atoms with van der Waals surface area (Å²) in [7, 11) is 0. The molecule has 19 heavy (non-hydrogen) atoms. The van der Waals surface area contributed by atoms with E-state index in [4.69, 9.17) is 23.2 Å². The normalized spacial score (nSPS) is 11.7. The molecule has 1 aromatic heterocycles. The maximum Gasteiger partial charge on any atom is 0.127 e. The molecule has 0 unspecified atom stereocenters. The molecule has 0 spiro atoms. The van der Waals surface area contributed by atoms with Crippen LogP contribution >= 0.6 is 34.5 Å². The van der Waals surface area contributed by atoms with Gasteiger partial charge in [0.05, 0.1) is 0 Å². The molecule has 0 saturated heterocycles. The summed E-state index contributed by atoms with van der Waals surface area (Å²) >= 11 is 13.9. The maximum atomic E-state index is 14.0. The van der Waals surface area contributed by atoms with Gasteiger partial charge in [0.1, 0.15) is 5.82 Å². The molecule has 4 heteroatoms. The van der Waals surface area contributed by atoms with Gasteiger partial charge in [0.2, 0.25) is 0 Å². The number of hydrogen-bond donors (Lipinski definition) is 0. The molecular formula is C15H15Cl2FS. The third-order valence-corrected chi connectivity index (χ3v) is 5.18. The van der Waals surface area contributed by atoms with Crippen molar-refractivity contribution >= 4 is 34.5 Å². The van der Waals surface area contributed by atoms with Crippen LogP contribution in [0.1, 0.15) is 17.5 Å². The topological polar surface area (TPSA) is 0 Å². The van der Waals surface area contributed by atoms with Gasteiger partial charge in [-0.1, -0.05) is 18.2 Å². The van der Waals surface area contributed by atoms with Crippen molar-refractivity contribution < 1.29 is 4.39 Å². The second kappa shape index (κ2) is 6.74. The van der Waals surface area contributed by atoms with Gasteiger partial charge in [0.15, 0.2) is 0 Å². The van der Waals surface area contributed by atoms with E-state index >= 15 is 0 Å². The molecule has 1 aromatic carbocycles. The van der Waals surface area contributed by atoms with Gasteiger partial charge in [0.25, 0.3) is 0 Å². The molecular weight excluding hydrogens is 302 g/mol. The third kappa shape index (κ3) is 3.31. The Kier molecular flexibility index (Phi) is 5.26. The second-order valence-electron chi connectivity index (χ2n) is 4.66. The highest BCUT2D eigenvalue weighted by Crippen LogP contribution is 2.34. The minimum atomic E-state index is -0.504. The van der Waals surface area contributed by atoms with E-state index in [1.807, 2.05) is 11.4 Å². The highest BCUT2D eigenvalue weighted by atomic mass is 35.5. The third-order valence-electron chi connectivity index (χ3n) is 3.43. The smallest absolute Gasteiger partial charge is 0.127 e. The van der Waals surface area contributed by atoms with Crippen LogP contribution in [-0.4, -0.2) is 11.8 Å². The van der Waals surface area contributed by atoms with Crippen molar-refractivity contribution in [3.05, 3.63) is 58.0 Å². The number of benzene rings is 1. The molecule has 0 aliphatic carbocycles. The predicted molar refractivity (Wildman–Crippen MR) is 82.2 cm³/mol. The number of alkyl halides is 2. The zero-order valence-corrected chi connectivity index (χ0v) is 12.7. The summed E-state index contributed by atoms with van der Waals surface area (Å²) in [5.74, 6) is 0.414. The molecule has 0 aliphatic rings. The van der Waals surface area contributed by atoms with E-state index in [2.05, 4.69) is 11.4 Å². The van der Waals surface area contributed by atoms with Crippen LogP contribution in [0.3, 0.4) is 0 Å². The molecule has 0 N–H and O–H groups in total. The van der Waals surface area contributed by atoms with Gasteiger partial charge >= 0.3 is 0 Å². The molecule has 0 nitrogen and oxygen atoms in total. The summed E-state index contributed by atoms with van der Waals surface area (Å²) < 4.78 is 14.0. The Balaban J connectivity index is 2.24. The first-order valence-corrected chi connectivity index (χ1v) is 8.11. The Hall–Kier alpha value is -0.570. The van der Waals surface area contributed by atoms with Crippen LogP contribution < -0.4 is 0 Å². The molecule has 0 saturated carbocycles. The summed E-state index contributed by atoms with van der Waals surface area (Å²) in [5, 5.41) is 4.15. The molecule has 2 rings (SSSR count). The van der Waals surface area contributed by atoms with Gasteiger partial charge in [-0.15, -0.1) is 23.2 Å². The monoisotopic (exact) mass is 316 g/mol. The van der Waals surface area contributed by atoms with Crippen molar-refractivity contribution in [3.63, 3.8) is 0 Å². The highest BCUT2D eigenvalue weighted by molar-refractivity contribution is 7.07. The Labute approximate surface area is 127 Å². The lowest BCUT2D eigenvalue weighted by Gasteiger charge is -2.30. The lowest BCUT2D eigenvalue weighted by Crippen LogP contribution is -2.32. The molecule has 0 aliphatic heterocycles. The summed E-state index contributed by atoms with van der Waals surface area (Å²) in [5.41, 5.74) is 1.37. The molecule has 0 radical (unpaired) electrons. The molecule has 102 valence electrons. The van der Waals surface area contributed by atoms with Crippen molar-refractivity contribution in [2.75, 3.05) is 11.8 Å². The van der Waals surface area contributed by atoms with Gasteiger partial charge < -0.3 is 0 Å². The number of hydrogen-bond acceptors (Lipinski definition) is 1. The summed E-state index contributed by atoms with van der Waals surface area (Å²) in [4.78, 5) is 0. The van der Waals surface area contributed by atoms with Gasteiger partial charge in [-0.3, -0.25) is 0 Å². The second-order valence-corrected chi connectivity index (χ2v) is 5.97. The standard InChI is InChI=1S/C15H15Cl2FS/c16-10-15(11-17,7-5-12-6-8-19-9-12)13-3-1-2-4-14(13)18/h1-4,6,8-9H,5,7,10-11H2. The lowest BCUT2D eigenvalue weighted by molar-refractivity contribution is 0.460. The van der Waals surface area contributed by atoms with E-state index in [9.17, 15) is 4.39 Å². The predicted octanol–water partition coefficient (Wildman–Crippen LogP) is 5.24. The highest BCUT2D eigenvalue weighted by Gasteiger charge is 2.32. The maximum absolute atomic E-state index is 14.0. The Bertz CT molecular complexity index is 507. The number of aryl methyl sites for hydroxylation is 1. The lowest BCUT2D eigenvalue weighted by atomic mass is 9.79. The average molecular weight is 317 g/mol. The van der Waals surface area contributed by atoms with Crippen molar-refractivity contribution in [2.24, 2.45) is 0 Å². The minimum Gasteiger partial charge on any atom is -0.207 e. The van der Waals surface area contributed by atoms with E-state index in [1.54, 1.807) is 23.5 Å². The number of thiophene rings is 1. The van der Waals surface area contributed by atoms with Gasteiger partial charge in [-0.25, -0.2) is 4.39 Å². The molecule has 0 bridgehead atoms. The van der Waals surface area contributed by atoms with Crippen molar-refractivity contribution in [3.8, 4) is 0 Å². The zero-order valence-electron chi connectivity index (χ0n) is 10.4. The Morgan fingerprint density at radius 2 is 1.84 bits per heavy atom. The fourth-order valence-corrected chi connectivity index (χ4v) is 3.70. The largest absolute Gasteiger partial charge is 0.207 e. The van der Waals surface area contributed by atoms with E-state index in [-0.39, 0.29) is 5.82 Å². The van der Waals surface area contributed by atoms with Crippen molar-refractivity contribution in [1.29, 1.82) is 0 Å². The summed E-state index contributed by atoms with van der Waals surface area (Å²) in [6.07, 6.45) is 1.61. The first-order valence-electron chi connectivity index (χ1n) is 6.10. The molecule has 0 atom stereocenters. The first kappa shape index (κ1) is 14.8. The van der Waals surface area contributed by atoms with Gasteiger partial charge in [-0.05, 0) is 46.9 Å². The fourth-order valence-electron chi connectivity index (χ4n) is 2.16. The van der Waals surface area contributed by atoms with Crippen LogP contribution in [0.15, 0.2) is 41.1 Å². The van der Waals surface area contributed by atoms with Crippen LogP contribution in [0, 0.1) is 5.82 Å². The summed E-state index contributed by atoms with van der Waals surface area (Å²) in [6, 6.07) is 8.85. The minimum absolute atomic E-state index is 0.228. The number of halogens is 3. The molecule has 2 aromatic rings. The van der Waals surface area contributed by atoms with E-state index in [1.165, 1.54) is 11.6 Å². The first-order chi connectivity index (χ1) is 9.22. The van der Waals surface area contributed by atoms with Gasteiger partial charge in [-0.2, -0.15) is 11.3 Å². The van der Waals surface area contributed by atoms with E-state index in [0.717, 1.165) is 12.8 Å². The van der Waals surface area contributed by atoms with Crippen molar-refractivity contribution in [2.45, 2.75) is 18.3 Å². The van der Waals surface area contributed by atoms with Crippen LogP contribution in [0.5, 0.6) is 0 Å². The van der Waals surface area contributed by atoms with Gasteiger partial charge in [0, 0.05) is 17.2 Å². The molecule has 1 heterocycles. The van der Waals surface area contributed by atoms with Crippen LogP contribution in [0.4, 0.5) is 4.39 Å². The van der Waals surface area contributed by atoms with Crippen LogP contribution in [-0.2, 0) is 11.8 Å². The number of rotatable bonds is 6. The van der Waals surface area contributed by atoms with Crippen LogP contribution in [0.25, 0.3) is 0 Å². The van der Waals surface area contributed by atoms with E-state index < -0.39 is 5.41 Å². The van der Waals surface area contributed by atoms with Crippen molar-refractivity contribution in [1.82, 2.24) is 0 Å². The van der Waals surface area contributed by atoms with E-state index in [0.29, 0.717) is 17.3 Å². The molecule has 0 amide bonds. The Morgan fingerprint density at radius 3 is 2.42 bits per heavy atom. The average Bonchev–Trinajstić information content (AvgIpc) is 2.95. The Morgan fingerprint density at radius 1 is 1.11 bits per heavy atom.